The highest BCUT2D eigenvalue weighted by Crippen LogP contribution is 2.20. The van der Waals surface area contributed by atoms with Gasteiger partial charge < -0.3 is 15.4 Å². The first-order chi connectivity index (χ1) is 6.87. The van der Waals surface area contributed by atoms with Crippen molar-refractivity contribution in [2.75, 3.05) is 13.2 Å². The Morgan fingerprint density at radius 1 is 1.33 bits per heavy atom. The third-order valence-corrected chi connectivity index (χ3v) is 2.73. The van der Waals surface area contributed by atoms with E-state index in [0.717, 1.165) is 6.54 Å². The summed E-state index contributed by atoms with van der Waals surface area (Å²) in [6.07, 6.45) is 1.94. The Morgan fingerprint density at radius 3 is 2.47 bits per heavy atom. The molecule has 0 aliphatic carbocycles. The lowest BCUT2D eigenvalue weighted by molar-refractivity contribution is 0.181. The molecular weight excluding hydrogens is 188 g/mol. The van der Waals surface area contributed by atoms with E-state index in [4.69, 9.17) is 5.11 Å². The van der Waals surface area contributed by atoms with Crippen LogP contribution in [0.25, 0.3) is 0 Å². The molecule has 3 heteroatoms. The molecule has 0 spiro atoms. The van der Waals surface area contributed by atoms with Crippen molar-refractivity contribution < 1.29 is 5.11 Å². The van der Waals surface area contributed by atoms with Gasteiger partial charge in [0, 0.05) is 29.4 Å². The molecule has 0 unspecified atom stereocenters. The Labute approximate surface area is 91.9 Å². The fraction of sp³-hybridized carbons (Fsp3) is 0.667. The Morgan fingerprint density at radius 2 is 2.00 bits per heavy atom. The molecule has 15 heavy (non-hydrogen) atoms. The van der Waals surface area contributed by atoms with E-state index in [1.807, 2.05) is 26.1 Å². The number of aromatic amines is 1. The molecule has 0 amide bonds. The molecule has 0 atom stereocenters. The number of rotatable bonds is 5. The van der Waals surface area contributed by atoms with E-state index in [9.17, 15) is 0 Å². The van der Waals surface area contributed by atoms with Gasteiger partial charge in [-0.15, -0.1) is 0 Å². The third kappa shape index (κ3) is 3.36. The van der Waals surface area contributed by atoms with Gasteiger partial charge in [-0.25, -0.2) is 0 Å². The molecule has 0 aliphatic heterocycles. The van der Waals surface area contributed by atoms with Crippen LogP contribution in [0.4, 0.5) is 0 Å². The maximum absolute atomic E-state index is 9.15. The van der Waals surface area contributed by atoms with Crippen molar-refractivity contribution in [1.82, 2.24) is 10.3 Å². The molecule has 0 aliphatic rings. The fourth-order valence-corrected chi connectivity index (χ4v) is 1.36. The van der Waals surface area contributed by atoms with Crippen molar-refractivity contribution in [2.45, 2.75) is 38.6 Å². The van der Waals surface area contributed by atoms with Crippen molar-refractivity contribution in [1.29, 1.82) is 0 Å². The lowest BCUT2D eigenvalue weighted by Gasteiger charge is -2.31. The lowest BCUT2D eigenvalue weighted by Crippen LogP contribution is -2.48. The predicted octanol–water partition coefficient (Wildman–Crippen LogP) is 1.65. The number of aromatic nitrogens is 1. The maximum Gasteiger partial charge on any atom is 0.0607 e. The monoisotopic (exact) mass is 210 g/mol. The Bertz CT molecular complexity index is 289. The first kappa shape index (κ1) is 12.3. The molecule has 3 N–H and O–H groups in total. The van der Waals surface area contributed by atoms with Crippen LogP contribution < -0.4 is 5.32 Å². The summed E-state index contributed by atoms with van der Waals surface area (Å²) in [6, 6.07) is 4.10. The molecule has 1 rings (SSSR count). The Hall–Kier alpha value is -0.800. The largest absolute Gasteiger partial charge is 0.394 e. The number of nitrogens with one attached hydrogen (secondary N) is 2. The van der Waals surface area contributed by atoms with Crippen LogP contribution in [0.5, 0.6) is 0 Å². The van der Waals surface area contributed by atoms with E-state index < -0.39 is 0 Å². The third-order valence-electron chi connectivity index (χ3n) is 2.73. The highest BCUT2D eigenvalue weighted by Gasteiger charge is 2.25. The van der Waals surface area contributed by atoms with Crippen LogP contribution in [0, 0.1) is 0 Å². The molecule has 1 aromatic heterocycles. The van der Waals surface area contributed by atoms with Crippen LogP contribution in [0.1, 0.15) is 33.4 Å². The predicted molar refractivity (Wildman–Crippen MR) is 63.0 cm³/mol. The van der Waals surface area contributed by atoms with Crippen molar-refractivity contribution in [3.05, 3.63) is 24.0 Å². The number of H-pyrrole nitrogens is 1. The second-order valence-electron chi connectivity index (χ2n) is 5.36. The Kier molecular flexibility index (Phi) is 3.58. The van der Waals surface area contributed by atoms with Gasteiger partial charge >= 0.3 is 0 Å². The zero-order chi connectivity index (χ0) is 11.5. The van der Waals surface area contributed by atoms with E-state index in [0.29, 0.717) is 0 Å². The van der Waals surface area contributed by atoms with Gasteiger partial charge in [-0.3, -0.25) is 0 Å². The molecule has 1 heterocycles. The van der Waals surface area contributed by atoms with Crippen LogP contribution in [0.15, 0.2) is 18.3 Å². The molecule has 86 valence electrons. The molecule has 0 aromatic carbocycles. The molecule has 0 saturated carbocycles. The summed E-state index contributed by atoms with van der Waals surface area (Å²) in [5.74, 6) is 0. The summed E-state index contributed by atoms with van der Waals surface area (Å²) in [6.45, 7) is 9.34. The van der Waals surface area contributed by atoms with Crippen molar-refractivity contribution in [2.24, 2.45) is 0 Å². The topological polar surface area (TPSA) is 48.0 Å². The van der Waals surface area contributed by atoms with Crippen molar-refractivity contribution >= 4 is 0 Å². The van der Waals surface area contributed by atoms with Crippen LogP contribution in [0.3, 0.4) is 0 Å². The smallest absolute Gasteiger partial charge is 0.0607 e. The second kappa shape index (κ2) is 4.37. The molecule has 0 saturated heterocycles. The summed E-state index contributed by atoms with van der Waals surface area (Å²) < 4.78 is 0. The van der Waals surface area contributed by atoms with Crippen molar-refractivity contribution in [3.8, 4) is 0 Å². The maximum atomic E-state index is 9.15. The summed E-state index contributed by atoms with van der Waals surface area (Å²) in [5, 5.41) is 12.5. The van der Waals surface area contributed by atoms with E-state index in [1.54, 1.807) is 0 Å². The number of hydrogen-bond donors (Lipinski definition) is 3. The van der Waals surface area contributed by atoms with Gasteiger partial charge in [0.25, 0.3) is 0 Å². The Balaban J connectivity index is 2.58. The average molecular weight is 210 g/mol. The first-order valence-electron chi connectivity index (χ1n) is 5.37. The van der Waals surface area contributed by atoms with E-state index in [2.05, 4.69) is 30.2 Å². The quantitative estimate of drug-likeness (QED) is 0.692. The van der Waals surface area contributed by atoms with Crippen LogP contribution in [0.2, 0.25) is 0 Å². The van der Waals surface area contributed by atoms with Gasteiger partial charge in [-0.2, -0.15) is 0 Å². The normalized spacial score (nSPS) is 13.1. The minimum Gasteiger partial charge on any atom is -0.394 e. The zero-order valence-corrected chi connectivity index (χ0v) is 10.1. The zero-order valence-electron chi connectivity index (χ0n) is 10.1. The number of aliphatic hydroxyl groups is 1. The molecule has 0 radical (unpaired) electrons. The highest BCUT2D eigenvalue weighted by molar-refractivity contribution is 5.15. The van der Waals surface area contributed by atoms with Crippen molar-refractivity contribution in [3.63, 3.8) is 0 Å². The van der Waals surface area contributed by atoms with E-state index in [-0.39, 0.29) is 17.6 Å². The first-order valence-corrected chi connectivity index (χ1v) is 5.37. The number of hydrogen-bond acceptors (Lipinski definition) is 2. The average Bonchev–Trinajstić information content (AvgIpc) is 2.69. The molecule has 0 bridgehead atoms. The minimum absolute atomic E-state index is 0.0515. The fourth-order valence-electron chi connectivity index (χ4n) is 1.36. The minimum atomic E-state index is -0.218. The molecule has 1 aromatic rings. The van der Waals surface area contributed by atoms with E-state index >= 15 is 0 Å². The lowest BCUT2D eigenvalue weighted by atomic mass is 9.88. The van der Waals surface area contributed by atoms with Gasteiger partial charge in [0.1, 0.15) is 0 Å². The van der Waals surface area contributed by atoms with Crippen LogP contribution in [-0.4, -0.2) is 28.8 Å². The van der Waals surface area contributed by atoms with Gasteiger partial charge in [-0.1, -0.05) is 13.8 Å². The summed E-state index contributed by atoms with van der Waals surface area (Å²) in [4.78, 5) is 3.23. The molecule has 3 nitrogen and oxygen atoms in total. The van der Waals surface area contributed by atoms with E-state index in [1.165, 1.54) is 5.69 Å². The van der Waals surface area contributed by atoms with Gasteiger partial charge in [0.15, 0.2) is 0 Å². The standard InChI is InChI=1S/C12H22N2O/c1-11(2,10-6-5-7-13-10)8-14-12(3,4)9-15/h5-7,13-15H,8-9H2,1-4H3. The summed E-state index contributed by atoms with van der Waals surface area (Å²) in [7, 11) is 0. The van der Waals surface area contributed by atoms with Crippen LogP contribution in [-0.2, 0) is 5.41 Å². The highest BCUT2D eigenvalue weighted by atomic mass is 16.3. The van der Waals surface area contributed by atoms with Gasteiger partial charge in [0.05, 0.1) is 6.61 Å². The van der Waals surface area contributed by atoms with Gasteiger partial charge in [-0.05, 0) is 26.0 Å². The molecular formula is C12H22N2O. The number of aliphatic hydroxyl groups excluding tert-OH is 1. The molecule has 0 fully saturated rings. The summed E-state index contributed by atoms with van der Waals surface area (Å²) >= 11 is 0. The SMILES string of the molecule is CC(C)(CO)NCC(C)(C)c1ccc[nH]1. The summed E-state index contributed by atoms with van der Waals surface area (Å²) in [5.41, 5.74) is 1.04. The van der Waals surface area contributed by atoms with Gasteiger partial charge in [0.2, 0.25) is 0 Å². The van der Waals surface area contributed by atoms with Crippen LogP contribution >= 0.6 is 0 Å². The second-order valence-corrected chi connectivity index (χ2v) is 5.36.